The Bertz CT molecular complexity index is 927. The normalized spacial score (nSPS) is 14.4. The van der Waals surface area contributed by atoms with E-state index in [1.165, 1.54) is 0 Å². The second-order valence-corrected chi connectivity index (χ2v) is 10.1. The van der Waals surface area contributed by atoms with Gasteiger partial charge in [-0.05, 0) is 39.9 Å². The number of carbonyl (C=O) groups is 1. The summed E-state index contributed by atoms with van der Waals surface area (Å²) in [6, 6.07) is 3.53. The largest absolute Gasteiger partial charge is 1.00 e. The number of ether oxygens (including phenoxy) is 3. The maximum absolute atomic E-state index is 11.9. The number of methoxy groups -OCH3 is 2. The number of hydrogen-bond acceptors (Lipinski definition) is 5. The van der Waals surface area contributed by atoms with E-state index in [2.05, 4.69) is 20.8 Å². The average molecular weight is 526 g/mol. The number of rotatable bonds is 7. The van der Waals surface area contributed by atoms with Crippen LogP contribution in [0.5, 0.6) is 11.5 Å². The first-order valence-corrected chi connectivity index (χ1v) is 12.1. The van der Waals surface area contributed by atoms with Crippen molar-refractivity contribution >= 4 is 18.0 Å². The van der Waals surface area contributed by atoms with Crippen molar-refractivity contribution in [2.75, 3.05) is 27.3 Å². The van der Waals surface area contributed by atoms with Crippen molar-refractivity contribution in [1.29, 1.82) is 0 Å². The Hall–Kier alpha value is -1.70. The van der Waals surface area contributed by atoms with E-state index in [0.717, 1.165) is 38.8 Å². The molecule has 0 saturated carbocycles. The van der Waals surface area contributed by atoms with Crippen LogP contribution in [0.3, 0.4) is 0 Å². The fourth-order valence-electron chi connectivity index (χ4n) is 3.75. The zero-order valence-electron chi connectivity index (χ0n) is 26.1. The monoisotopic (exact) mass is 525 g/mol. The van der Waals surface area contributed by atoms with Gasteiger partial charge in [-0.2, -0.15) is 30.9 Å². The summed E-state index contributed by atoms with van der Waals surface area (Å²) < 4.78 is 15.8. The minimum atomic E-state index is -0.412. The van der Waals surface area contributed by atoms with Gasteiger partial charge in [0.25, 0.3) is 0 Å². The topological polar surface area (TPSA) is 65.1 Å². The molecule has 8 heteroatoms. The summed E-state index contributed by atoms with van der Waals surface area (Å²) in [6.07, 6.45) is 5.42. The molecule has 0 spiro atoms. The van der Waals surface area contributed by atoms with Crippen molar-refractivity contribution in [3.8, 4) is 11.5 Å². The van der Waals surface area contributed by atoms with Crippen LogP contribution in [0.15, 0.2) is 23.3 Å². The summed E-state index contributed by atoms with van der Waals surface area (Å²) in [5.41, 5.74) is 2.82. The zero-order chi connectivity index (χ0) is 27.7. The first-order chi connectivity index (χ1) is 16.8. The maximum Gasteiger partial charge on any atom is 1.00 e. The second kappa shape index (κ2) is 18.6. The van der Waals surface area contributed by atoms with Gasteiger partial charge < -0.3 is 45.2 Å². The summed E-state index contributed by atoms with van der Waals surface area (Å²) in [5.74, 6) is 1.16. The molecular formula is C31H45Li2NO5-4. The summed E-state index contributed by atoms with van der Waals surface area (Å²) in [7, 11) is 3.10. The van der Waals surface area contributed by atoms with E-state index in [1.807, 2.05) is 27.1 Å². The van der Waals surface area contributed by atoms with E-state index < -0.39 is 5.60 Å². The minimum Gasteiger partial charge on any atom is -0.554 e. The van der Waals surface area contributed by atoms with E-state index in [1.54, 1.807) is 45.1 Å². The van der Waals surface area contributed by atoms with Crippen LogP contribution >= 0.6 is 0 Å². The smallest absolute Gasteiger partial charge is 0.554 e. The van der Waals surface area contributed by atoms with E-state index in [9.17, 15) is 9.59 Å². The second-order valence-electron chi connectivity index (χ2n) is 10.1. The number of likely N-dealkylation sites (tertiary alicyclic amines) is 1. The zero-order valence-corrected chi connectivity index (χ0v) is 26.1. The Kier molecular flexibility index (Phi) is 19.9. The molecule has 210 valence electrons. The minimum absolute atomic E-state index is 0. The molecule has 0 bridgehead atoms. The van der Waals surface area contributed by atoms with Crippen molar-refractivity contribution in [3.63, 3.8) is 0 Å². The SMILES string of the molecule is [CH-]=C(/C(C)=C(/C)[C-]=O)c1cc(OC)c([CH2-])c(OC)c1.[CH2-]CC1(C[CH2-])CCN(C(=O)OC(C)(C)C)CC1.[CH3-].[Li+].[Li+]. The third-order valence-corrected chi connectivity index (χ3v) is 6.57. The van der Waals surface area contributed by atoms with Gasteiger partial charge in [0.15, 0.2) is 0 Å². The molecule has 1 heterocycles. The number of piperidine rings is 1. The molecule has 1 saturated heterocycles. The standard InChI is InChI=1S/C16H17O3.C14H25NO2.CH3.2Li/c1-10(9-17)11(2)12(3)14-7-15(18-5)13(4)16(8-14)19-6;1-6-14(7-2)8-10-15(11-9-14)12(16)17-13(3,4)5;;;/h3,7-8H,4H2,1-2,5-6H3;1-2,6-11H2,3-5H3;1H3;;/q-3;-2;-1;2*+1/b11-10-;;;;. The Morgan fingerprint density at radius 1 is 1.05 bits per heavy atom. The van der Waals surface area contributed by atoms with Crippen LogP contribution in [0.25, 0.3) is 5.57 Å². The fourth-order valence-corrected chi connectivity index (χ4v) is 3.75. The number of benzene rings is 1. The summed E-state index contributed by atoms with van der Waals surface area (Å²) in [5, 5.41) is 0. The van der Waals surface area contributed by atoms with Gasteiger partial charge in [0.05, 0.1) is 14.2 Å². The van der Waals surface area contributed by atoms with Gasteiger partial charge in [-0.15, -0.1) is 24.6 Å². The molecule has 1 aliphatic heterocycles. The Balaban J connectivity index is -0.000000620. The van der Waals surface area contributed by atoms with Gasteiger partial charge in [-0.25, -0.2) is 22.5 Å². The van der Waals surface area contributed by atoms with E-state index in [-0.39, 0.29) is 56.7 Å². The van der Waals surface area contributed by atoms with Crippen LogP contribution < -0.4 is 47.2 Å². The van der Waals surface area contributed by atoms with Gasteiger partial charge >= 0.3 is 43.8 Å². The molecule has 6 nitrogen and oxygen atoms in total. The summed E-state index contributed by atoms with van der Waals surface area (Å²) >= 11 is 0. The van der Waals surface area contributed by atoms with Crippen LogP contribution in [0, 0.1) is 40.2 Å². The average Bonchev–Trinajstić information content (AvgIpc) is 2.86. The van der Waals surface area contributed by atoms with Crippen LogP contribution in [-0.2, 0) is 9.53 Å². The molecule has 0 aliphatic carbocycles. The molecule has 0 radical (unpaired) electrons. The summed E-state index contributed by atoms with van der Waals surface area (Å²) in [4.78, 5) is 24.3. The molecule has 2 rings (SSSR count). The number of hydrogen-bond donors (Lipinski definition) is 0. The van der Waals surface area contributed by atoms with Crippen molar-refractivity contribution in [2.24, 2.45) is 5.41 Å². The third-order valence-electron chi connectivity index (χ3n) is 6.57. The number of amides is 1. The molecule has 0 unspecified atom stereocenters. The molecule has 0 aromatic heterocycles. The Labute approximate surface area is 262 Å². The quantitative estimate of drug-likeness (QED) is 0.231. The molecule has 0 atom stereocenters. The van der Waals surface area contributed by atoms with Crippen LogP contribution in [0.4, 0.5) is 4.79 Å². The molecule has 1 aromatic rings. The first kappa shape index (κ1) is 41.8. The van der Waals surface area contributed by atoms with Crippen LogP contribution in [0.1, 0.15) is 71.4 Å². The van der Waals surface area contributed by atoms with Crippen molar-refractivity contribution in [2.45, 2.75) is 65.9 Å². The van der Waals surface area contributed by atoms with Gasteiger partial charge in [-0.3, -0.25) is 0 Å². The van der Waals surface area contributed by atoms with E-state index in [0.29, 0.717) is 39.3 Å². The molecule has 1 aromatic carbocycles. The van der Waals surface area contributed by atoms with Crippen molar-refractivity contribution in [3.05, 3.63) is 69.2 Å². The summed E-state index contributed by atoms with van der Waals surface area (Å²) in [6.45, 7) is 28.6. The predicted molar refractivity (Wildman–Crippen MR) is 152 cm³/mol. The molecule has 1 aliphatic rings. The molecular weight excluding hydrogens is 480 g/mol. The van der Waals surface area contributed by atoms with Crippen molar-refractivity contribution in [1.82, 2.24) is 4.90 Å². The van der Waals surface area contributed by atoms with E-state index in [4.69, 9.17) is 20.8 Å². The maximum atomic E-state index is 11.9. The van der Waals surface area contributed by atoms with Gasteiger partial charge in [0.1, 0.15) is 5.60 Å². The number of allylic oxidation sites excluding steroid dienone is 3. The molecule has 1 fully saturated rings. The number of carbonyl (C=O) groups excluding carboxylic acids is 2. The van der Waals surface area contributed by atoms with Crippen LogP contribution in [0.2, 0.25) is 0 Å². The Morgan fingerprint density at radius 2 is 1.49 bits per heavy atom. The molecule has 39 heavy (non-hydrogen) atoms. The van der Waals surface area contributed by atoms with Gasteiger partial charge in [-0.1, -0.05) is 12.3 Å². The number of nitrogens with zero attached hydrogens (tertiary/aromatic N) is 1. The van der Waals surface area contributed by atoms with Crippen LogP contribution in [-0.4, -0.2) is 50.2 Å². The molecule has 1 amide bonds. The molecule has 0 N–H and O–H groups in total. The van der Waals surface area contributed by atoms with E-state index >= 15 is 0 Å². The predicted octanol–water partition coefficient (Wildman–Crippen LogP) is 1.06. The Morgan fingerprint density at radius 3 is 1.82 bits per heavy atom. The first-order valence-electron chi connectivity index (χ1n) is 12.1. The fraction of sp³-hybridized carbons (Fsp3) is 0.484. The third kappa shape index (κ3) is 12.1. The van der Waals surface area contributed by atoms with Crippen molar-refractivity contribution < 1.29 is 61.5 Å². The van der Waals surface area contributed by atoms with Gasteiger partial charge in [0.2, 0.25) is 0 Å². The van der Waals surface area contributed by atoms with Gasteiger partial charge in [0, 0.05) is 24.6 Å².